The molecule has 1 aromatic carbocycles. The van der Waals surface area contributed by atoms with Gasteiger partial charge in [-0.2, -0.15) is 4.98 Å². The van der Waals surface area contributed by atoms with E-state index in [2.05, 4.69) is 42.0 Å². The fraction of sp³-hybridized carbons (Fsp3) is 0.389. The highest BCUT2D eigenvalue weighted by molar-refractivity contribution is 5.18. The van der Waals surface area contributed by atoms with Gasteiger partial charge in [-0.25, -0.2) is 4.98 Å². The van der Waals surface area contributed by atoms with E-state index in [1.54, 1.807) is 0 Å². The molecule has 0 radical (unpaired) electrons. The first-order chi connectivity index (χ1) is 12.3. The molecule has 0 saturated carbocycles. The number of aromatic nitrogens is 4. The van der Waals surface area contributed by atoms with Gasteiger partial charge in [0.25, 0.3) is 0 Å². The van der Waals surface area contributed by atoms with Crippen LogP contribution in [0, 0.1) is 0 Å². The highest BCUT2D eigenvalue weighted by Crippen LogP contribution is 2.22. The van der Waals surface area contributed by atoms with Crippen LogP contribution in [0.25, 0.3) is 0 Å². The Bertz CT molecular complexity index is 812. The lowest BCUT2D eigenvalue weighted by Crippen LogP contribution is -2.46. The van der Waals surface area contributed by atoms with Gasteiger partial charge in [0, 0.05) is 39.1 Å². The number of aryl methyl sites for hydroxylation is 1. The molecule has 130 valence electrons. The summed E-state index contributed by atoms with van der Waals surface area (Å²) >= 11 is 0. The quantitative estimate of drug-likeness (QED) is 0.761. The maximum atomic E-state index is 5.44. The van der Waals surface area contributed by atoms with Gasteiger partial charge in [0.2, 0.25) is 5.89 Å². The van der Waals surface area contributed by atoms with E-state index in [0.717, 1.165) is 31.3 Å². The van der Waals surface area contributed by atoms with Crippen molar-refractivity contribution in [2.24, 2.45) is 7.05 Å². The zero-order chi connectivity index (χ0) is 17.1. The summed E-state index contributed by atoms with van der Waals surface area (Å²) in [4.78, 5) is 11.4. The minimum atomic E-state index is 0.213. The van der Waals surface area contributed by atoms with Crippen LogP contribution in [-0.4, -0.2) is 44.2 Å². The monoisotopic (exact) mass is 338 g/mol. The van der Waals surface area contributed by atoms with Crippen LogP contribution in [-0.2, 0) is 20.0 Å². The maximum Gasteiger partial charge on any atom is 0.231 e. The van der Waals surface area contributed by atoms with Gasteiger partial charge in [-0.15, -0.1) is 0 Å². The molecule has 25 heavy (non-hydrogen) atoms. The normalized spacial score (nSPS) is 18.5. The van der Waals surface area contributed by atoms with E-state index >= 15 is 0 Å². The van der Waals surface area contributed by atoms with Crippen LogP contribution in [0.1, 0.15) is 29.1 Å². The van der Waals surface area contributed by atoms with Gasteiger partial charge < -0.3 is 14.4 Å². The van der Waals surface area contributed by atoms with Gasteiger partial charge in [0.05, 0.1) is 19.0 Å². The average Bonchev–Trinajstić information content (AvgIpc) is 3.25. The Morgan fingerprint density at radius 1 is 1.28 bits per heavy atom. The molecule has 0 bridgehead atoms. The fourth-order valence-electron chi connectivity index (χ4n) is 3.27. The number of hydrogen-bond acceptors (Lipinski definition) is 6. The fourth-order valence-corrected chi connectivity index (χ4v) is 3.27. The Morgan fingerprint density at radius 2 is 2.16 bits per heavy atom. The van der Waals surface area contributed by atoms with Gasteiger partial charge in [-0.1, -0.05) is 35.5 Å². The zero-order valence-corrected chi connectivity index (χ0v) is 14.3. The summed E-state index contributed by atoms with van der Waals surface area (Å²) in [6, 6.07) is 10.4. The molecule has 1 aliphatic heterocycles. The van der Waals surface area contributed by atoms with Crippen LogP contribution < -0.4 is 5.32 Å². The van der Waals surface area contributed by atoms with E-state index in [4.69, 9.17) is 4.52 Å². The number of nitrogens with zero attached hydrogens (tertiary/aromatic N) is 5. The van der Waals surface area contributed by atoms with Crippen LogP contribution in [0.2, 0.25) is 0 Å². The highest BCUT2D eigenvalue weighted by Gasteiger charge is 2.27. The standard InChI is InChI=1S/C18H22N6O/c1-23-9-8-20-18(23)15-12-19-7-10-24(15)13-16-21-17(25-22-16)11-14-5-3-2-4-6-14/h2-6,8-9,15,19H,7,10-13H2,1H3. The number of nitrogens with one attached hydrogen (secondary N) is 1. The molecule has 1 aliphatic rings. The van der Waals surface area contributed by atoms with E-state index in [0.29, 0.717) is 18.9 Å². The van der Waals surface area contributed by atoms with Gasteiger partial charge in [-0.3, -0.25) is 4.90 Å². The first-order valence-electron chi connectivity index (χ1n) is 8.57. The molecule has 0 amide bonds. The number of rotatable bonds is 5. The van der Waals surface area contributed by atoms with Crippen molar-refractivity contribution in [1.29, 1.82) is 0 Å². The lowest BCUT2D eigenvalue weighted by Gasteiger charge is -2.34. The Kier molecular flexibility index (Phi) is 4.58. The molecule has 1 N–H and O–H groups in total. The van der Waals surface area contributed by atoms with Crippen molar-refractivity contribution >= 4 is 0 Å². The van der Waals surface area contributed by atoms with Crippen molar-refractivity contribution < 1.29 is 4.52 Å². The van der Waals surface area contributed by atoms with Crippen LogP contribution >= 0.6 is 0 Å². The van der Waals surface area contributed by atoms with E-state index < -0.39 is 0 Å². The summed E-state index contributed by atoms with van der Waals surface area (Å²) in [5, 5.41) is 7.61. The molecule has 3 aromatic rings. The molecule has 1 atom stereocenters. The summed E-state index contributed by atoms with van der Waals surface area (Å²) in [5.41, 5.74) is 1.17. The van der Waals surface area contributed by atoms with Crippen LogP contribution in [0.15, 0.2) is 47.2 Å². The largest absolute Gasteiger partial charge is 0.339 e. The van der Waals surface area contributed by atoms with Crippen molar-refractivity contribution in [3.05, 3.63) is 65.8 Å². The number of hydrogen-bond donors (Lipinski definition) is 1. The molecule has 2 aromatic heterocycles. The maximum absolute atomic E-state index is 5.44. The minimum Gasteiger partial charge on any atom is -0.339 e. The molecular formula is C18H22N6O. The predicted molar refractivity (Wildman–Crippen MR) is 92.8 cm³/mol. The predicted octanol–water partition coefficient (Wildman–Crippen LogP) is 1.54. The van der Waals surface area contributed by atoms with Crippen molar-refractivity contribution in [2.45, 2.75) is 19.0 Å². The van der Waals surface area contributed by atoms with E-state index in [1.165, 1.54) is 5.56 Å². The smallest absolute Gasteiger partial charge is 0.231 e. The molecule has 3 heterocycles. The van der Waals surface area contributed by atoms with Crippen molar-refractivity contribution in [1.82, 2.24) is 29.9 Å². The average molecular weight is 338 g/mol. The Morgan fingerprint density at radius 3 is 2.96 bits per heavy atom. The number of benzene rings is 1. The van der Waals surface area contributed by atoms with Gasteiger partial charge in [0.1, 0.15) is 5.82 Å². The molecule has 0 spiro atoms. The summed E-state index contributed by atoms with van der Waals surface area (Å²) in [6.45, 7) is 3.42. The molecule has 4 rings (SSSR count). The number of piperazine rings is 1. The first-order valence-corrected chi connectivity index (χ1v) is 8.57. The zero-order valence-electron chi connectivity index (χ0n) is 14.3. The van der Waals surface area contributed by atoms with E-state index in [-0.39, 0.29) is 6.04 Å². The Balaban J connectivity index is 1.46. The molecule has 1 saturated heterocycles. The topological polar surface area (TPSA) is 72.0 Å². The lowest BCUT2D eigenvalue weighted by atomic mass is 10.1. The molecule has 7 nitrogen and oxygen atoms in total. The summed E-state index contributed by atoms with van der Waals surface area (Å²) in [5.74, 6) is 2.44. The van der Waals surface area contributed by atoms with Crippen molar-refractivity contribution in [3.8, 4) is 0 Å². The molecule has 1 fully saturated rings. The second kappa shape index (κ2) is 7.16. The summed E-state index contributed by atoms with van der Waals surface area (Å²) in [6.07, 6.45) is 4.49. The second-order valence-corrected chi connectivity index (χ2v) is 6.35. The third-order valence-electron chi connectivity index (χ3n) is 4.56. The lowest BCUT2D eigenvalue weighted by molar-refractivity contribution is 0.139. The van der Waals surface area contributed by atoms with Gasteiger partial charge in [-0.05, 0) is 5.56 Å². The highest BCUT2D eigenvalue weighted by atomic mass is 16.5. The van der Waals surface area contributed by atoms with Crippen molar-refractivity contribution in [2.75, 3.05) is 19.6 Å². The molecular weight excluding hydrogens is 316 g/mol. The van der Waals surface area contributed by atoms with Gasteiger partial charge in [0.15, 0.2) is 5.82 Å². The minimum absolute atomic E-state index is 0.213. The molecule has 0 aliphatic carbocycles. The second-order valence-electron chi connectivity index (χ2n) is 6.35. The third-order valence-corrected chi connectivity index (χ3v) is 4.56. The van der Waals surface area contributed by atoms with Gasteiger partial charge >= 0.3 is 0 Å². The first kappa shape index (κ1) is 16.0. The Hall–Kier alpha value is -2.51. The molecule has 1 unspecified atom stereocenters. The summed E-state index contributed by atoms with van der Waals surface area (Å²) in [7, 11) is 2.03. The number of imidazole rings is 1. The molecule has 7 heteroatoms. The van der Waals surface area contributed by atoms with Crippen LogP contribution in [0.5, 0.6) is 0 Å². The third kappa shape index (κ3) is 3.62. The van der Waals surface area contributed by atoms with Crippen LogP contribution in [0.3, 0.4) is 0 Å². The van der Waals surface area contributed by atoms with Crippen LogP contribution in [0.4, 0.5) is 0 Å². The summed E-state index contributed by atoms with van der Waals surface area (Å²) < 4.78 is 7.51. The van der Waals surface area contributed by atoms with E-state index in [1.807, 2.05) is 37.6 Å². The Labute approximate surface area is 146 Å². The SMILES string of the molecule is Cn1ccnc1C1CNCCN1Cc1noc(Cc2ccccc2)n1. The van der Waals surface area contributed by atoms with E-state index in [9.17, 15) is 0 Å². The van der Waals surface area contributed by atoms with Crippen molar-refractivity contribution in [3.63, 3.8) is 0 Å².